The summed E-state index contributed by atoms with van der Waals surface area (Å²) < 4.78 is 6.57. The number of nitrogens with two attached hydrogens (primary N) is 1. The van der Waals surface area contributed by atoms with Crippen LogP contribution in [0, 0.1) is 0 Å². The first-order valence-electron chi connectivity index (χ1n) is 4.84. The van der Waals surface area contributed by atoms with Gasteiger partial charge in [-0.2, -0.15) is 0 Å². The van der Waals surface area contributed by atoms with Gasteiger partial charge in [0, 0.05) is 5.54 Å². The number of hydrogen-bond donors (Lipinski definition) is 1. The van der Waals surface area contributed by atoms with Gasteiger partial charge < -0.3 is 15.0 Å². The molecule has 1 atom stereocenters. The average molecular weight is 189 g/mol. The number of hydrogen-bond acceptors (Lipinski definition) is 2. The number of quaternary nitrogens is 1. The number of ether oxygens (including phenoxy) is 1. The van der Waals surface area contributed by atoms with Crippen LogP contribution in [0.5, 0.6) is 0 Å². The fraction of sp³-hybridized carbons (Fsp3) is 1.00. The smallest absolute Gasteiger partial charge is 0.102 e. The molecule has 0 aliphatic heterocycles. The van der Waals surface area contributed by atoms with Crippen molar-refractivity contribution >= 4 is 0 Å². The lowest BCUT2D eigenvalue weighted by Crippen LogP contribution is -2.46. The van der Waals surface area contributed by atoms with E-state index in [2.05, 4.69) is 21.1 Å². The van der Waals surface area contributed by atoms with Crippen LogP contribution in [-0.2, 0) is 4.74 Å². The van der Waals surface area contributed by atoms with Crippen LogP contribution in [0.1, 0.15) is 20.8 Å². The van der Waals surface area contributed by atoms with Crippen LogP contribution in [-0.4, -0.2) is 50.4 Å². The largest absolute Gasteiger partial charge is 0.371 e. The van der Waals surface area contributed by atoms with Crippen LogP contribution in [0.4, 0.5) is 0 Å². The van der Waals surface area contributed by atoms with Crippen molar-refractivity contribution in [2.75, 3.05) is 34.3 Å². The third kappa shape index (κ3) is 6.99. The molecule has 0 saturated carbocycles. The summed E-state index contributed by atoms with van der Waals surface area (Å²) in [4.78, 5) is 0. The van der Waals surface area contributed by atoms with Crippen molar-refractivity contribution in [3.63, 3.8) is 0 Å². The van der Waals surface area contributed by atoms with E-state index in [4.69, 9.17) is 10.5 Å². The Bertz CT molecular complexity index is 144. The number of nitrogens with zero attached hydrogens (tertiary/aromatic N) is 1. The summed E-state index contributed by atoms with van der Waals surface area (Å²) in [6.07, 6.45) is 0.110. The van der Waals surface area contributed by atoms with Crippen molar-refractivity contribution in [3.8, 4) is 0 Å². The van der Waals surface area contributed by atoms with Gasteiger partial charge >= 0.3 is 0 Å². The predicted molar refractivity (Wildman–Crippen MR) is 56.6 cm³/mol. The average Bonchev–Trinajstić information content (AvgIpc) is 1.82. The minimum Gasteiger partial charge on any atom is -0.371 e. The Morgan fingerprint density at radius 1 is 1.31 bits per heavy atom. The summed E-state index contributed by atoms with van der Waals surface area (Å²) in [5.74, 6) is 0. The zero-order chi connectivity index (χ0) is 10.7. The van der Waals surface area contributed by atoms with Crippen molar-refractivity contribution in [1.29, 1.82) is 0 Å². The third-order valence-electron chi connectivity index (χ3n) is 2.18. The van der Waals surface area contributed by atoms with Crippen LogP contribution in [0.2, 0.25) is 0 Å². The van der Waals surface area contributed by atoms with Crippen LogP contribution in [0.3, 0.4) is 0 Å². The lowest BCUT2D eigenvalue weighted by atomic mass is 10.0. The summed E-state index contributed by atoms with van der Waals surface area (Å²) in [5, 5.41) is 0. The van der Waals surface area contributed by atoms with Gasteiger partial charge in [-0.05, 0) is 20.8 Å². The highest BCUT2D eigenvalue weighted by Gasteiger charge is 2.21. The third-order valence-corrected chi connectivity index (χ3v) is 2.18. The van der Waals surface area contributed by atoms with Gasteiger partial charge in [-0.25, -0.2) is 0 Å². The van der Waals surface area contributed by atoms with Gasteiger partial charge in [0.15, 0.2) is 0 Å². The molecule has 0 aliphatic rings. The lowest BCUT2D eigenvalue weighted by Gasteiger charge is -2.29. The topological polar surface area (TPSA) is 35.2 Å². The summed E-state index contributed by atoms with van der Waals surface area (Å²) in [5.41, 5.74) is 5.65. The summed E-state index contributed by atoms with van der Waals surface area (Å²) in [6, 6.07) is 0. The fourth-order valence-electron chi connectivity index (χ4n) is 0.718. The highest BCUT2D eigenvalue weighted by atomic mass is 16.5. The zero-order valence-electron chi connectivity index (χ0n) is 9.92. The molecule has 2 N–H and O–H groups in total. The van der Waals surface area contributed by atoms with E-state index in [1.54, 1.807) is 0 Å². The molecule has 80 valence electrons. The van der Waals surface area contributed by atoms with Crippen molar-refractivity contribution in [1.82, 2.24) is 0 Å². The van der Waals surface area contributed by atoms with Crippen molar-refractivity contribution in [2.24, 2.45) is 5.73 Å². The lowest BCUT2D eigenvalue weighted by molar-refractivity contribution is -0.870. The maximum Gasteiger partial charge on any atom is 0.102 e. The Kier molecular flexibility index (Phi) is 4.36. The quantitative estimate of drug-likeness (QED) is 0.650. The molecule has 0 amide bonds. The second kappa shape index (κ2) is 4.40. The molecular formula is C10H25N2O+. The summed E-state index contributed by atoms with van der Waals surface area (Å²) >= 11 is 0. The SMILES string of the molecule is CC(OCC[N+](C)(C)C)C(C)(C)N. The van der Waals surface area contributed by atoms with E-state index < -0.39 is 0 Å². The van der Waals surface area contributed by atoms with Gasteiger partial charge in [-0.1, -0.05) is 0 Å². The molecule has 0 aromatic heterocycles. The Balaban J connectivity index is 3.67. The van der Waals surface area contributed by atoms with Crippen LogP contribution in [0.15, 0.2) is 0 Å². The van der Waals surface area contributed by atoms with Gasteiger partial charge in [0.2, 0.25) is 0 Å². The minimum atomic E-state index is -0.245. The fourth-order valence-corrected chi connectivity index (χ4v) is 0.718. The second-order valence-electron chi connectivity index (χ2n) is 5.35. The Labute approximate surface area is 82.4 Å². The van der Waals surface area contributed by atoms with E-state index in [9.17, 15) is 0 Å². The van der Waals surface area contributed by atoms with E-state index in [0.717, 1.165) is 17.6 Å². The minimum absolute atomic E-state index is 0.110. The van der Waals surface area contributed by atoms with Gasteiger partial charge in [0.25, 0.3) is 0 Å². The molecule has 0 radical (unpaired) electrons. The maximum atomic E-state index is 5.90. The molecule has 0 saturated heterocycles. The Hall–Kier alpha value is -0.120. The van der Waals surface area contributed by atoms with Crippen LogP contribution in [0.25, 0.3) is 0 Å². The first kappa shape index (κ1) is 12.9. The van der Waals surface area contributed by atoms with E-state index in [-0.39, 0.29) is 11.6 Å². The van der Waals surface area contributed by atoms with Crippen molar-refractivity contribution in [3.05, 3.63) is 0 Å². The summed E-state index contributed by atoms with van der Waals surface area (Å²) in [7, 11) is 6.46. The molecule has 3 nitrogen and oxygen atoms in total. The summed E-state index contributed by atoms with van der Waals surface area (Å²) in [6.45, 7) is 7.79. The highest BCUT2D eigenvalue weighted by Crippen LogP contribution is 2.08. The number of rotatable bonds is 5. The van der Waals surface area contributed by atoms with Gasteiger partial charge in [-0.15, -0.1) is 0 Å². The standard InChI is InChI=1S/C10H25N2O/c1-9(10(2,3)11)13-8-7-12(4,5)6/h9H,7-8,11H2,1-6H3/q+1. The molecular weight excluding hydrogens is 164 g/mol. The molecule has 0 rings (SSSR count). The second-order valence-corrected chi connectivity index (χ2v) is 5.35. The van der Waals surface area contributed by atoms with E-state index in [0.29, 0.717) is 0 Å². The molecule has 0 aliphatic carbocycles. The predicted octanol–water partition coefficient (Wildman–Crippen LogP) is 0.835. The molecule has 0 aromatic carbocycles. The van der Waals surface area contributed by atoms with Gasteiger partial charge in [-0.3, -0.25) is 0 Å². The van der Waals surface area contributed by atoms with Crippen LogP contribution >= 0.6 is 0 Å². The normalized spacial score (nSPS) is 15.9. The highest BCUT2D eigenvalue weighted by molar-refractivity contribution is 4.79. The van der Waals surface area contributed by atoms with E-state index in [1.165, 1.54) is 0 Å². The maximum absolute atomic E-state index is 5.90. The first-order chi connectivity index (χ1) is 5.63. The molecule has 0 heterocycles. The molecule has 0 fully saturated rings. The Morgan fingerprint density at radius 2 is 1.77 bits per heavy atom. The van der Waals surface area contributed by atoms with Crippen molar-refractivity contribution in [2.45, 2.75) is 32.4 Å². The molecule has 0 aromatic rings. The molecule has 0 spiro atoms. The molecule has 0 bridgehead atoms. The Morgan fingerprint density at radius 3 is 2.08 bits per heavy atom. The van der Waals surface area contributed by atoms with Gasteiger partial charge in [0.1, 0.15) is 6.54 Å². The molecule has 3 heteroatoms. The molecule has 1 unspecified atom stereocenters. The van der Waals surface area contributed by atoms with Crippen molar-refractivity contribution < 1.29 is 9.22 Å². The van der Waals surface area contributed by atoms with E-state index >= 15 is 0 Å². The van der Waals surface area contributed by atoms with Crippen LogP contribution < -0.4 is 5.73 Å². The zero-order valence-corrected chi connectivity index (χ0v) is 9.92. The molecule has 13 heavy (non-hydrogen) atoms. The number of likely N-dealkylation sites (N-methyl/N-ethyl adjacent to an activating group) is 1. The van der Waals surface area contributed by atoms with Gasteiger partial charge in [0.05, 0.1) is 33.9 Å². The first-order valence-corrected chi connectivity index (χ1v) is 4.84. The van der Waals surface area contributed by atoms with E-state index in [1.807, 2.05) is 20.8 Å². The monoisotopic (exact) mass is 189 g/mol.